The third-order valence-electron chi connectivity index (χ3n) is 12.9. The van der Waals surface area contributed by atoms with Gasteiger partial charge < -0.3 is 15.1 Å². The summed E-state index contributed by atoms with van der Waals surface area (Å²) < 4.78 is 7.67. The number of aromatic nitrogens is 16. The van der Waals surface area contributed by atoms with E-state index in [0.29, 0.717) is 86.3 Å². The largest absolute Gasteiger partial charge is 0.371 e. The van der Waals surface area contributed by atoms with Gasteiger partial charge in [-0.2, -0.15) is 14.3 Å². The zero-order chi connectivity index (χ0) is 51.8. The average Bonchev–Trinajstić information content (AvgIpc) is 4.02. The molecule has 1 spiro atoms. The van der Waals surface area contributed by atoms with Crippen LogP contribution in [-0.2, 0) is 19.6 Å². The normalized spacial score (nSPS) is 14.1. The first-order valence-corrected chi connectivity index (χ1v) is 26.2. The van der Waals surface area contributed by atoms with E-state index in [-0.39, 0.29) is 40.7 Å². The quantitative estimate of drug-likeness (QED) is 0.0539. The second-order valence-corrected chi connectivity index (χ2v) is 19.0. The number of aromatic amines is 1. The van der Waals surface area contributed by atoms with Crippen molar-refractivity contribution >= 4 is 97.9 Å². The molecule has 0 radical (unpaired) electrons. The van der Waals surface area contributed by atoms with Gasteiger partial charge in [0, 0.05) is 67.8 Å². The summed E-state index contributed by atoms with van der Waals surface area (Å²) in [6.07, 6.45) is 25.0. The van der Waals surface area contributed by atoms with E-state index in [2.05, 4.69) is 121 Å². The summed E-state index contributed by atoms with van der Waals surface area (Å²) in [6.45, 7) is 16.8. The summed E-state index contributed by atoms with van der Waals surface area (Å²) in [5.74, 6) is 1.14. The van der Waals surface area contributed by atoms with Crippen LogP contribution in [0.5, 0.6) is 0 Å². The number of allylic oxidation sites excluding steroid dienone is 3. The molecule has 1 aromatic carbocycles. The maximum absolute atomic E-state index is 13.0. The predicted octanol–water partition coefficient (Wildman–Crippen LogP) is 6.54. The average molecular weight is 1160 g/mol. The number of likely N-dealkylation sites (tertiary alicyclic amines) is 1. The Kier molecular flexibility index (Phi) is 17.5. The van der Waals surface area contributed by atoms with Crippen molar-refractivity contribution in [3.05, 3.63) is 149 Å². The minimum Gasteiger partial charge on any atom is -0.371 e. The highest BCUT2D eigenvalue weighted by Gasteiger charge is 2.37. The number of anilines is 3. The van der Waals surface area contributed by atoms with Crippen LogP contribution in [0.2, 0.25) is 0 Å². The number of halogens is 1. The van der Waals surface area contributed by atoms with Gasteiger partial charge in [-0.15, -0.1) is 43.7 Å². The SMILES string of the molecule is C=CCn1[nH]c2nc(SC)ncc2c1=O.C=CCn1c(=O)c2cnc(Nc3ccc(N4CCC5(CCN(C)CC5)CC4)cc3)nc2n1-c1ncccn1.C=CCn1c(=O)c2cnc(SC)nc2n1-c1ncccn1.I. The Morgan fingerprint density at radius 2 is 1.12 bits per heavy atom. The van der Waals surface area contributed by atoms with Gasteiger partial charge in [-0.3, -0.25) is 19.5 Å². The second kappa shape index (κ2) is 24.3. The monoisotopic (exact) mass is 1160 g/mol. The zero-order valence-electron chi connectivity index (χ0n) is 41.7. The first-order chi connectivity index (χ1) is 36.1. The van der Waals surface area contributed by atoms with Gasteiger partial charge in [-0.25, -0.2) is 58.9 Å². The molecule has 2 aliphatic heterocycles. The van der Waals surface area contributed by atoms with E-state index >= 15 is 0 Å². The highest BCUT2D eigenvalue weighted by atomic mass is 127. The maximum Gasteiger partial charge on any atom is 0.278 e. The Bertz CT molecular complexity index is 3610. The number of hydrogen-bond donors (Lipinski definition) is 2. The minimum atomic E-state index is -0.216. The number of H-pyrrole nitrogens is 1. The van der Waals surface area contributed by atoms with Gasteiger partial charge in [0.1, 0.15) is 16.2 Å². The van der Waals surface area contributed by atoms with Gasteiger partial charge in [0.2, 0.25) is 5.95 Å². The molecule has 388 valence electrons. The molecule has 22 nitrogen and oxygen atoms in total. The van der Waals surface area contributed by atoms with Crippen molar-refractivity contribution < 1.29 is 0 Å². The highest BCUT2D eigenvalue weighted by Crippen LogP contribution is 2.42. The Hall–Kier alpha value is -7.36. The topological polar surface area (TPSA) is 239 Å². The fourth-order valence-corrected chi connectivity index (χ4v) is 9.66. The van der Waals surface area contributed by atoms with Crippen molar-refractivity contribution in [2.75, 3.05) is 56.0 Å². The lowest BCUT2D eigenvalue weighted by Gasteiger charge is -2.46. The lowest BCUT2D eigenvalue weighted by atomic mass is 9.71. The van der Waals surface area contributed by atoms with Gasteiger partial charge in [0.05, 0.1) is 19.6 Å². The maximum atomic E-state index is 13.0. The molecule has 10 heterocycles. The summed E-state index contributed by atoms with van der Waals surface area (Å²) >= 11 is 2.85. The van der Waals surface area contributed by atoms with Gasteiger partial charge in [-0.05, 0) is 100 Å². The highest BCUT2D eigenvalue weighted by molar-refractivity contribution is 14.0. The van der Waals surface area contributed by atoms with Crippen molar-refractivity contribution in [1.29, 1.82) is 0 Å². The van der Waals surface area contributed by atoms with E-state index in [1.807, 2.05) is 12.5 Å². The molecular weight excluding hydrogens is 1110 g/mol. The summed E-state index contributed by atoms with van der Waals surface area (Å²) in [6, 6.07) is 11.9. The molecule has 2 saturated heterocycles. The van der Waals surface area contributed by atoms with Crippen LogP contribution in [0.15, 0.2) is 142 Å². The number of hydrogen-bond acceptors (Lipinski definition) is 18. The molecule has 0 atom stereocenters. The van der Waals surface area contributed by atoms with E-state index < -0.39 is 0 Å². The van der Waals surface area contributed by atoms with E-state index in [4.69, 9.17) is 0 Å². The predicted molar refractivity (Wildman–Crippen MR) is 305 cm³/mol. The van der Waals surface area contributed by atoms with Gasteiger partial charge >= 0.3 is 0 Å². The molecular formula is C50H56IN19O3S2. The molecule has 75 heavy (non-hydrogen) atoms. The second-order valence-electron chi connectivity index (χ2n) is 17.5. The molecule has 2 N–H and O–H groups in total. The van der Waals surface area contributed by atoms with E-state index in [0.717, 1.165) is 18.8 Å². The third kappa shape index (κ3) is 11.6. The van der Waals surface area contributed by atoms with Crippen LogP contribution in [0.1, 0.15) is 25.7 Å². The van der Waals surface area contributed by atoms with Crippen molar-refractivity contribution in [3.8, 4) is 11.9 Å². The number of thioether (sulfide) groups is 2. The van der Waals surface area contributed by atoms with Crippen molar-refractivity contribution in [1.82, 2.24) is 83.2 Å². The lowest BCUT2D eigenvalue weighted by molar-refractivity contribution is 0.0945. The fraction of sp³-hybridized carbons (Fsp3) is 0.300. The standard InChI is InChI=1S/C28H33N9O.C13H12N6OS.C9H10N4OS.HI/c1-3-15-36-25(38)23-20-31-26(33-24(23)37(36)27-29-13-4-14-30-27)32-21-5-7-22(8-6-21)35-18-11-28(12-19-35)9-16-34(2)17-10-28;1-3-7-18-11(20)9-8-16-13(21-2)17-10(9)19(18)12-14-5-4-6-15-12;1-3-4-13-8(14)6-5-10-9(15-2)11-7(6)12-13;/h3-8,13-14,20H,1,9-12,15-19H2,2H3,(H,31,32,33);3-6,8H,1,7H2,2H3;3,5H,1,4H2,2H3,(H,10,11,12);1H. The molecule has 0 amide bonds. The van der Waals surface area contributed by atoms with Crippen molar-refractivity contribution in [2.45, 2.75) is 55.6 Å². The third-order valence-corrected chi connectivity index (χ3v) is 14.1. The molecule has 11 rings (SSSR count). The Morgan fingerprint density at radius 3 is 1.65 bits per heavy atom. The van der Waals surface area contributed by atoms with Crippen LogP contribution < -0.4 is 26.9 Å². The van der Waals surface area contributed by atoms with Crippen LogP contribution in [0, 0.1) is 5.41 Å². The minimum absolute atomic E-state index is 0. The van der Waals surface area contributed by atoms with Crippen molar-refractivity contribution in [3.63, 3.8) is 0 Å². The summed E-state index contributed by atoms with van der Waals surface area (Å²) in [5.41, 5.74) is 3.64. The molecule has 25 heteroatoms. The number of piperidine rings is 2. The molecule has 0 aliphatic carbocycles. The lowest BCUT2D eigenvalue weighted by Crippen LogP contribution is -2.46. The van der Waals surface area contributed by atoms with Gasteiger partial charge in [-0.1, -0.05) is 41.8 Å². The number of nitrogens with one attached hydrogen (secondary N) is 2. The van der Waals surface area contributed by atoms with Crippen LogP contribution in [0.3, 0.4) is 0 Å². The van der Waals surface area contributed by atoms with E-state index in [1.165, 1.54) is 88.2 Å². The van der Waals surface area contributed by atoms with Crippen LogP contribution in [0.4, 0.5) is 17.3 Å². The number of nitrogens with zero attached hydrogens (tertiary/aromatic N) is 17. The van der Waals surface area contributed by atoms with Gasteiger partial charge in [0.25, 0.3) is 28.6 Å². The Morgan fingerprint density at radius 1 is 0.627 bits per heavy atom. The van der Waals surface area contributed by atoms with E-state index in [1.54, 1.807) is 76.9 Å². The molecule has 9 aromatic rings. The Labute approximate surface area is 456 Å². The molecule has 0 unspecified atom stereocenters. The number of benzene rings is 1. The van der Waals surface area contributed by atoms with Crippen LogP contribution >= 0.6 is 47.5 Å². The fourth-order valence-electron chi connectivity index (χ4n) is 8.99. The first kappa shape index (κ1) is 53.9. The van der Waals surface area contributed by atoms with E-state index in [9.17, 15) is 14.4 Å². The zero-order valence-corrected chi connectivity index (χ0v) is 45.7. The molecule has 0 bridgehead atoms. The van der Waals surface area contributed by atoms with Gasteiger partial charge in [0.15, 0.2) is 27.3 Å². The smallest absolute Gasteiger partial charge is 0.278 e. The summed E-state index contributed by atoms with van der Waals surface area (Å²) in [4.78, 5) is 85.1. The summed E-state index contributed by atoms with van der Waals surface area (Å²) in [5, 5.41) is 8.76. The van der Waals surface area contributed by atoms with Crippen LogP contribution in [0.25, 0.3) is 45.0 Å². The summed E-state index contributed by atoms with van der Waals surface area (Å²) in [7, 11) is 2.23. The molecule has 8 aromatic heterocycles. The molecule has 2 aliphatic rings. The number of rotatable bonds is 13. The molecule has 2 fully saturated rings. The van der Waals surface area contributed by atoms with Crippen LogP contribution in [-0.4, -0.2) is 129 Å². The Balaban J connectivity index is 0.000000169. The number of fused-ring (bicyclic) bond motifs is 3. The van der Waals surface area contributed by atoms with Crippen molar-refractivity contribution in [2.24, 2.45) is 5.41 Å². The molecule has 0 saturated carbocycles. The first-order valence-electron chi connectivity index (χ1n) is 23.8.